The summed E-state index contributed by atoms with van der Waals surface area (Å²) in [6.45, 7) is 2.17. The Kier molecular flexibility index (Phi) is 7.16. The summed E-state index contributed by atoms with van der Waals surface area (Å²) in [7, 11) is 0. The molecule has 2 aromatic carbocycles. The molecule has 2 aromatic rings. The molecule has 0 radical (unpaired) electrons. The van der Waals surface area contributed by atoms with E-state index in [1.54, 1.807) is 43.3 Å². The van der Waals surface area contributed by atoms with Gasteiger partial charge in [-0.1, -0.05) is 15.9 Å². The van der Waals surface area contributed by atoms with Gasteiger partial charge in [0.2, 0.25) is 0 Å². The molecule has 0 bridgehead atoms. The first-order chi connectivity index (χ1) is 12.4. The van der Waals surface area contributed by atoms with Crippen LogP contribution in [0.15, 0.2) is 50.4 Å². The monoisotopic (exact) mass is 483 g/mol. The van der Waals surface area contributed by atoms with Crippen molar-refractivity contribution < 1.29 is 19.4 Å². The fourth-order valence-corrected chi connectivity index (χ4v) is 2.60. The van der Waals surface area contributed by atoms with Crippen molar-refractivity contribution in [2.45, 2.75) is 6.92 Å². The molecule has 0 saturated heterocycles. The number of anilines is 1. The maximum absolute atomic E-state index is 11.8. The Balaban J connectivity index is 1.97. The lowest BCUT2D eigenvalue weighted by molar-refractivity contribution is -0.136. The summed E-state index contributed by atoms with van der Waals surface area (Å²) in [5.41, 5.74) is 3.19. The summed E-state index contributed by atoms with van der Waals surface area (Å²) in [5.74, 6) is -1.50. The lowest BCUT2D eigenvalue weighted by atomic mass is 10.2. The Morgan fingerprint density at radius 1 is 1.19 bits per heavy atom. The Bertz CT molecular complexity index is 839. The molecule has 0 aliphatic rings. The predicted octanol–water partition coefficient (Wildman–Crippen LogP) is 3.40. The van der Waals surface area contributed by atoms with E-state index in [1.807, 2.05) is 0 Å². The number of amides is 2. The van der Waals surface area contributed by atoms with Crippen molar-refractivity contribution in [3.63, 3.8) is 0 Å². The van der Waals surface area contributed by atoms with Crippen molar-refractivity contribution in [1.82, 2.24) is 5.43 Å². The maximum Gasteiger partial charge on any atom is 0.329 e. The number of hydrogen-bond acceptors (Lipinski definition) is 5. The molecule has 0 unspecified atom stereocenters. The number of rotatable bonds is 5. The van der Waals surface area contributed by atoms with E-state index in [2.05, 4.69) is 47.7 Å². The molecule has 9 heteroatoms. The Morgan fingerprint density at radius 2 is 1.88 bits per heavy atom. The third-order valence-corrected chi connectivity index (χ3v) is 4.17. The quantitative estimate of drug-likeness (QED) is 0.344. The predicted molar refractivity (Wildman–Crippen MR) is 105 cm³/mol. The molecule has 0 heterocycles. The number of nitrogens with zero attached hydrogens (tertiary/aromatic N) is 1. The van der Waals surface area contributed by atoms with Crippen LogP contribution in [-0.2, 0) is 9.59 Å². The number of ether oxygens (including phenoxy) is 1. The number of carbonyl (C=O) groups excluding carboxylic acids is 2. The normalized spacial score (nSPS) is 10.6. The van der Waals surface area contributed by atoms with E-state index in [1.165, 1.54) is 6.21 Å². The van der Waals surface area contributed by atoms with Crippen molar-refractivity contribution in [3.8, 4) is 11.5 Å². The minimum absolute atomic E-state index is 0.0260. The fraction of sp³-hybridized carbons (Fsp3) is 0.118. The van der Waals surface area contributed by atoms with Gasteiger partial charge in [-0.25, -0.2) is 5.43 Å². The van der Waals surface area contributed by atoms with Crippen molar-refractivity contribution in [3.05, 3.63) is 50.9 Å². The van der Waals surface area contributed by atoms with Gasteiger partial charge in [-0.05, 0) is 64.8 Å². The highest BCUT2D eigenvalue weighted by atomic mass is 79.9. The molecule has 26 heavy (non-hydrogen) atoms. The minimum Gasteiger partial charge on any atom is -0.503 e. The molecule has 3 N–H and O–H groups in total. The van der Waals surface area contributed by atoms with E-state index in [-0.39, 0.29) is 11.5 Å². The van der Waals surface area contributed by atoms with Gasteiger partial charge >= 0.3 is 11.8 Å². The molecular weight excluding hydrogens is 470 g/mol. The molecule has 2 amide bonds. The number of carbonyl (C=O) groups is 2. The van der Waals surface area contributed by atoms with Gasteiger partial charge in [0.25, 0.3) is 0 Å². The fourth-order valence-electron chi connectivity index (χ4n) is 1.87. The summed E-state index contributed by atoms with van der Waals surface area (Å²) in [6.07, 6.45) is 1.33. The number of phenols is 1. The van der Waals surface area contributed by atoms with Gasteiger partial charge in [-0.3, -0.25) is 9.59 Å². The molecule has 0 saturated carbocycles. The molecule has 0 aromatic heterocycles. The largest absolute Gasteiger partial charge is 0.503 e. The minimum atomic E-state index is -0.910. The molecule has 7 nitrogen and oxygen atoms in total. The van der Waals surface area contributed by atoms with Gasteiger partial charge in [0.1, 0.15) is 0 Å². The van der Waals surface area contributed by atoms with Crippen LogP contribution in [0.3, 0.4) is 0 Å². The van der Waals surface area contributed by atoms with Crippen molar-refractivity contribution in [1.29, 1.82) is 0 Å². The summed E-state index contributed by atoms with van der Waals surface area (Å²) in [5, 5.41) is 16.0. The van der Waals surface area contributed by atoms with Crippen LogP contribution in [0.5, 0.6) is 11.5 Å². The number of hydrogen-bond donors (Lipinski definition) is 3. The van der Waals surface area contributed by atoms with Crippen molar-refractivity contribution >= 4 is 55.6 Å². The summed E-state index contributed by atoms with van der Waals surface area (Å²) >= 11 is 6.49. The Labute approximate surface area is 166 Å². The third-order valence-electron chi connectivity index (χ3n) is 3.04. The number of phenolic OH excluding ortho intramolecular Hbond substituents is 1. The molecule has 0 aliphatic heterocycles. The molecule has 2 rings (SSSR count). The second-order valence-electron chi connectivity index (χ2n) is 4.94. The van der Waals surface area contributed by atoms with Crippen LogP contribution in [0.25, 0.3) is 0 Å². The molecular formula is C17H15Br2N3O4. The zero-order valence-corrected chi connectivity index (χ0v) is 16.8. The SMILES string of the molecule is CCOc1cc(C=NNC(=O)C(=O)Nc2ccc(Br)cc2)cc(Br)c1O. The van der Waals surface area contributed by atoms with Gasteiger partial charge in [-0.2, -0.15) is 5.10 Å². The van der Waals surface area contributed by atoms with E-state index in [9.17, 15) is 14.7 Å². The molecule has 0 aliphatic carbocycles. The number of aromatic hydroxyl groups is 1. The molecule has 0 spiro atoms. The molecule has 136 valence electrons. The first-order valence-corrected chi connectivity index (χ1v) is 9.04. The summed E-state index contributed by atoms with van der Waals surface area (Å²) < 4.78 is 6.58. The van der Waals surface area contributed by atoms with Crippen LogP contribution in [0.2, 0.25) is 0 Å². The van der Waals surface area contributed by atoms with Gasteiger partial charge in [0.05, 0.1) is 17.3 Å². The number of hydrazone groups is 1. The van der Waals surface area contributed by atoms with Gasteiger partial charge in [0, 0.05) is 10.2 Å². The average molecular weight is 485 g/mol. The van der Waals surface area contributed by atoms with Crippen LogP contribution in [0.1, 0.15) is 12.5 Å². The Morgan fingerprint density at radius 3 is 2.54 bits per heavy atom. The highest BCUT2D eigenvalue weighted by Gasteiger charge is 2.13. The van der Waals surface area contributed by atoms with Crippen LogP contribution in [-0.4, -0.2) is 29.7 Å². The maximum atomic E-state index is 11.8. The topological polar surface area (TPSA) is 100 Å². The van der Waals surface area contributed by atoms with Crippen LogP contribution < -0.4 is 15.5 Å². The second-order valence-corrected chi connectivity index (χ2v) is 6.71. The van der Waals surface area contributed by atoms with E-state index in [0.29, 0.717) is 22.3 Å². The van der Waals surface area contributed by atoms with E-state index in [4.69, 9.17) is 4.74 Å². The first-order valence-electron chi connectivity index (χ1n) is 7.46. The molecule has 0 atom stereocenters. The highest BCUT2D eigenvalue weighted by molar-refractivity contribution is 9.10. The summed E-state index contributed by atoms with van der Waals surface area (Å²) in [6, 6.07) is 9.94. The lowest BCUT2D eigenvalue weighted by Gasteiger charge is -2.08. The number of nitrogens with one attached hydrogen (secondary N) is 2. The zero-order chi connectivity index (χ0) is 19.1. The van der Waals surface area contributed by atoms with Crippen LogP contribution in [0.4, 0.5) is 5.69 Å². The van der Waals surface area contributed by atoms with Crippen molar-refractivity contribution in [2.24, 2.45) is 5.10 Å². The van der Waals surface area contributed by atoms with E-state index < -0.39 is 11.8 Å². The van der Waals surface area contributed by atoms with Crippen molar-refractivity contribution in [2.75, 3.05) is 11.9 Å². The van der Waals surface area contributed by atoms with Crippen LogP contribution in [0, 0.1) is 0 Å². The zero-order valence-electron chi connectivity index (χ0n) is 13.6. The van der Waals surface area contributed by atoms with Gasteiger partial charge in [0.15, 0.2) is 11.5 Å². The Hall–Kier alpha value is -2.39. The van der Waals surface area contributed by atoms with Crippen LogP contribution >= 0.6 is 31.9 Å². The molecule has 0 fully saturated rings. The smallest absolute Gasteiger partial charge is 0.329 e. The van der Waals surface area contributed by atoms with E-state index >= 15 is 0 Å². The lowest BCUT2D eigenvalue weighted by Crippen LogP contribution is -2.32. The van der Waals surface area contributed by atoms with Gasteiger partial charge < -0.3 is 15.2 Å². The first kappa shape index (κ1) is 19.9. The number of halogens is 2. The van der Waals surface area contributed by atoms with Gasteiger partial charge in [-0.15, -0.1) is 0 Å². The second kappa shape index (κ2) is 9.35. The summed E-state index contributed by atoms with van der Waals surface area (Å²) in [4.78, 5) is 23.6. The average Bonchev–Trinajstić information content (AvgIpc) is 2.61. The third kappa shape index (κ3) is 5.57. The standard InChI is InChI=1S/C17H15Br2N3O4/c1-2-26-14-8-10(7-13(19)15(14)23)9-20-22-17(25)16(24)21-12-5-3-11(18)4-6-12/h3-9,23H,2H2,1H3,(H,21,24)(H,22,25). The van der Waals surface area contributed by atoms with E-state index in [0.717, 1.165) is 4.47 Å². The number of benzene rings is 2. The highest BCUT2D eigenvalue weighted by Crippen LogP contribution is 2.35.